The van der Waals surface area contributed by atoms with Crippen molar-refractivity contribution in [1.82, 2.24) is 9.80 Å². The molecule has 7 heteroatoms. The zero-order valence-electron chi connectivity index (χ0n) is 19.8. The average Bonchev–Trinajstić information content (AvgIpc) is 3.12. The number of carbonyl (C=O) groups excluding carboxylic acids is 2. The van der Waals surface area contributed by atoms with Crippen LogP contribution in [-0.4, -0.2) is 72.6 Å². The van der Waals surface area contributed by atoms with Gasteiger partial charge in [0.05, 0.1) is 31.4 Å². The van der Waals surface area contributed by atoms with E-state index in [1.807, 2.05) is 50.2 Å². The van der Waals surface area contributed by atoms with Gasteiger partial charge in [-0.2, -0.15) is 0 Å². The molecule has 2 aromatic rings. The number of benzene rings is 2. The topological polar surface area (TPSA) is 79.3 Å². The predicted octanol–water partition coefficient (Wildman–Crippen LogP) is 3.54. The number of ether oxygens (including phenoxy) is 2. The van der Waals surface area contributed by atoms with Gasteiger partial charge in [-0.1, -0.05) is 48.9 Å². The summed E-state index contributed by atoms with van der Waals surface area (Å²) in [7, 11) is 0. The summed E-state index contributed by atoms with van der Waals surface area (Å²) in [6.07, 6.45) is 0.871. The van der Waals surface area contributed by atoms with Gasteiger partial charge in [-0.25, -0.2) is 0 Å². The van der Waals surface area contributed by atoms with Crippen molar-refractivity contribution in [2.45, 2.75) is 26.3 Å². The first kappa shape index (κ1) is 24.0. The van der Waals surface area contributed by atoms with Crippen molar-refractivity contribution in [3.05, 3.63) is 70.8 Å². The van der Waals surface area contributed by atoms with Gasteiger partial charge in [-0.3, -0.25) is 14.5 Å². The van der Waals surface area contributed by atoms with Crippen molar-refractivity contribution in [2.24, 2.45) is 0 Å². The molecule has 0 bridgehead atoms. The van der Waals surface area contributed by atoms with Gasteiger partial charge < -0.3 is 19.5 Å². The minimum Gasteiger partial charge on any atom is -0.507 e. The number of aliphatic hydroxyl groups is 1. The Morgan fingerprint density at radius 2 is 1.82 bits per heavy atom. The maximum atomic E-state index is 13.2. The summed E-state index contributed by atoms with van der Waals surface area (Å²) in [6, 6.07) is 14.0. The van der Waals surface area contributed by atoms with Crippen LogP contribution in [0.1, 0.15) is 36.1 Å². The van der Waals surface area contributed by atoms with Crippen molar-refractivity contribution < 1.29 is 24.2 Å². The number of Topliss-reactive ketones (excluding diaryl/α,β-unsaturated/α-hetero) is 1. The van der Waals surface area contributed by atoms with Crippen LogP contribution in [0.15, 0.2) is 54.1 Å². The van der Waals surface area contributed by atoms with E-state index in [4.69, 9.17) is 9.47 Å². The molecule has 34 heavy (non-hydrogen) atoms. The van der Waals surface area contributed by atoms with Gasteiger partial charge in [-0.15, -0.1) is 0 Å². The Kier molecular flexibility index (Phi) is 7.65. The molecule has 0 saturated carbocycles. The summed E-state index contributed by atoms with van der Waals surface area (Å²) >= 11 is 0. The third kappa shape index (κ3) is 5.16. The molecular formula is C27H32N2O5. The Hall–Kier alpha value is -3.16. The zero-order valence-corrected chi connectivity index (χ0v) is 19.8. The average molecular weight is 465 g/mol. The molecule has 1 amide bonds. The third-order valence-electron chi connectivity index (χ3n) is 6.27. The maximum absolute atomic E-state index is 13.2. The van der Waals surface area contributed by atoms with Crippen LogP contribution < -0.4 is 4.74 Å². The van der Waals surface area contributed by atoms with E-state index in [1.165, 1.54) is 0 Å². The quantitative estimate of drug-likeness (QED) is 0.366. The summed E-state index contributed by atoms with van der Waals surface area (Å²) < 4.78 is 11.2. The van der Waals surface area contributed by atoms with Crippen LogP contribution in [0, 0.1) is 6.92 Å². The largest absolute Gasteiger partial charge is 0.507 e. The summed E-state index contributed by atoms with van der Waals surface area (Å²) in [6.45, 7) is 8.46. The number of hydrogen-bond donors (Lipinski definition) is 1. The number of nitrogens with zero attached hydrogens (tertiary/aromatic N) is 2. The Morgan fingerprint density at radius 3 is 2.53 bits per heavy atom. The number of hydrogen-bond acceptors (Lipinski definition) is 6. The molecule has 0 aromatic heterocycles. The van der Waals surface area contributed by atoms with E-state index in [2.05, 4.69) is 4.90 Å². The standard InChI is InChI=1S/C27H32N2O5/c1-3-15-34-22-6-4-5-21(18-22)24-23(25(30)20-9-7-19(2)8-10-20)26(31)27(32)29(24)12-11-28-13-16-33-17-14-28/h4-10,18,24,30H,3,11-17H2,1-2H3/b25-23+. The lowest BCUT2D eigenvalue weighted by atomic mass is 9.95. The molecule has 2 saturated heterocycles. The Morgan fingerprint density at radius 1 is 1.09 bits per heavy atom. The fourth-order valence-corrected chi connectivity index (χ4v) is 4.39. The number of morpholine rings is 1. The minimum absolute atomic E-state index is 0.114. The van der Waals surface area contributed by atoms with E-state index in [1.54, 1.807) is 17.0 Å². The van der Waals surface area contributed by atoms with Crippen molar-refractivity contribution in [1.29, 1.82) is 0 Å². The molecule has 7 nitrogen and oxygen atoms in total. The van der Waals surface area contributed by atoms with Gasteiger partial charge in [-0.05, 0) is 31.0 Å². The summed E-state index contributed by atoms with van der Waals surface area (Å²) in [5, 5.41) is 11.2. The predicted molar refractivity (Wildman–Crippen MR) is 130 cm³/mol. The second-order valence-corrected chi connectivity index (χ2v) is 8.73. The zero-order chi connectivity index (χ0) is 24.1. The highest BCUT2D eigenvalue weighted by Crippen LogP contribution is 2.40. The van der Waals surface area contributed by atoms with Gasteiger partial charge >= 0.3 is 0 Å². The van der Waals surface area contributed by atoms with Crippen LogP contribution in [0.2, 0.25) is 0 Å². The van der Waals surface area contributed by atoms with Crippen molar-refractivity contribution in [3.63, 3.8) is 0 Å². The number of carbonyl (C=O) groups is 2. The van der Waals surface area contributed by atoms with E-state index in [-0.39, 0.29) is 11.3 Å². The van der Waals surface area contributed by atoms with Gasteiger partial charge in [0.2, 0.25) is 0 Å². The number of aryl methyl sites for hydroxylation is 1. The molecule has 0 aliphatic carbocycles. The van der Waals surface area contributed by atoms with Crippen LogP contribution in [0.5, 0.6) is 5.75 Å². The van der Waals surface area contributed by atoms with Crippen LogP contribution in [0.4, 0.5) is 0 Å². The first-order valence-corrected chi connectivity index (χ1v) is 11.9. The highest BCUT2D eigenvalue weighted by atomic mass is 16.5. The van der Waals surface area contributed by atoms with Crippen molar-refractivity contribution in [2.75, 3.05) is 46.0 Å². The number of likely N-dealkylation sites (tertiary alicyclic amines) is 1. The first-order chi connectivity index (χ1) is 16.5. The molecule has 180 valence electrons. The van der Waals surface area contributed by atoms with Gasteiger partial charge in [0.25, 0.3) is 11.7 Å². The number of ketones is 1. The van der Waals surface area contributed by atoms with Crippen LogP contribution in [0.25, 0.3) is 5.76 Å². The highest BCUT2D eigenvalue weighted by Gasteiger charge is 2.46. The van der Waals surface area contributed by atoms with Crippen molar-refractivity contribution in [3.8, 4) is 5.75 Å². The molecule has 1 unspecified atom stereocenters. The first-order valence-electron chi connectivity index (χ1n) is 11.9. The van der Waals surface area contributed by atoms with E-state index < -0.39 is 17.7 Å². The molecule has 0 radical (unpaired) electrons. The summed E-state index contributed by atoms with van der Waals surface area (Å²) in [5.74, 6) is -0.734. The second kappa shape index (κ2) is 10.8. The third-order valence-corrected chi connectivity index (χ3v) is 6.27. The van der Waals surface area contributed by atoms with Gasteiger partial charge in [0, 0.05) is 31.7 Å². The molecule has 1 atom stereocenters. The van der Waals surface area contributed by atoms with E-state index in [0.29, 0.717) is 44.2 Å². The SMILES string of the molecule is CCCOc1cccc(C2/C(=C(\O)c3ccc(C)cc3)C(=O)C(=O)N2CCN2CCOCC2)c1. The maximum Gasteiger partial charge on any atom is 0.295 e. The summed E-state index contributed by atoms with van der Waals surface area (Å²) in [5.41, 5.74) is 2.41. The summed E-state index contributed by atoms with van der Waals surface area (Å²) in [4.78, 5) is 30.2. The minimum atomic E-state index is -0.687. The lowest BCUT2D eigenvalue weighted by molar-refractivity contribution is -0.140. The molecule has 2 aliphatic rings. The van der Waals surface area contributed by atoms with E-state index >= 15 is 0 Å². The molecule has 1 N–H and O–H groups in total. The fraction of sp³-hybridized carbons (Fsp3) is 0.407. The monoisotopic (exact) mass is 464 g/mol. The Labute approximate surface area is 200 Å². The Bertz CT molecular complexity index is 1060. The molecule has 4 rings (SSSR count). The van der Waals surface area contributed by atoms with Crippen LogP contribution >= 0.6 is 0 Å². The Balaban J connectivity index is 1.73. The lowest BCUT2D eigenvalue weighted by Crippen LogP contribution is -2.42. The van der Waals surface area contributed by atoms with Gasteiger partial charge in [0.1, 0.15) is 11.5 Å². The number of aliphatic hydroxyl groups excluding tert-OH is 1. The number of rotatable bonds is 8. The number of amides is 1. The molecule has 2 aliphatic heterocycles. The lowest BCUT2D eigenvalue weighted by Gasteiger charge is -2.31. The van der Waals surface area contributed by atoms with Crippen LogP contribution in [-0.2, 0) is 14.3 Å². The van der Waals surface area contributed by atoms with E-state index in [9.17, 15) is 14.7 Å². The second-order valence-electron chi connectivity index (χ2n) is 8.73. The smallest absolute Gasteiger partial charge is 0.295 e. The molecule has 2 fully saturated rings. The normalized spacial score (nSPS) is 20.6. The van der Waals surface area contributed by atoms with Crippen molar-refractivity contribution >= 4 is 17.4 Å². The highest BCUT2D eigenvalue weighted by molar-refractivity contribution is 6.46. The molecule has 0 spiro atoms. The molecule has 2 aromatic carbocycles. The molecular weight excluding hydrogens is 432 g/mol. The van der Waals surface area contributed by atoms with Gasteiger partial charge in [0.15, 0.2) is 0 Å². The fourth-order valence-electron chi connectivity index (χ4n) is 4.39. The van der Waals surface area contributed by atoms with E-state index in [0.717, 1.165) is 30.6 Å². The molecule has 2 heterocycles. The van der Waals surface area contributed by atoms with Crippen LogP contribution in [0.3, 0.4) is 0 Å².